The Bertz CT molecular complexity index is 528. The summed E-state index contributed by atoms with van der Waals surface area (Å²) in [4.78, 5) is 0. The van der Waals surface area contributed by atoms with Crippen LogP contribution in [0.25, 0.3) is 0 Å². The summed E-state index contributed by atoms with van der Waals surface area (Å²) >= 11 is 0. The van der Waals surface area contributed by atoms with Crippen LogP contribution in [0, 0.1) is 6.92 Å². The van der Waals surface area contributed by atoms with Gasteiger partial charge in [0.1, 0.15) is 0 Å². The Hall–Kier alpha value is -1.61. The molecule has 0 bridgehead atoms. The van der Waals surface area contributed by atoms with Gasteiger partial charge in [-0.05, 0) is 31.9 Å². The molecule has 102 valence electrons. The summed E-state index contributed by atoms with van der Waals surface area (Å²) in [6.45, 7) is 7.07. The van der Waals surface area contributed by atoms with Crippen LogP contribution >= 0.6 is 0 Å². The zero-order valence-corrected chi connectivity index (χ0v) is 11.9. The van der Waals surface area contributed by atoms with Crippen molar-refractivity contribution in [3.05, 3.63) is 52.8 Å². The van der Waals surface area contributed by atoms with Crippen molar-refractivity contribution in [2.24, 2.45) is 0 Å². The minimum Gasteiger partial charge on any atom is -0.388 e. The van der Waals surface area contributed by atoms with Gasteiger partial charge in [0.05, 0.1) is 11.8 Å². The third-order valence-corrected chi connectivity index (χ3v) is 3.44. The fraction of sp³-hybridized carbons (Fsp3) is 0.438. The highest BCUT2D eigenvalue weighted by molar-refractivity contribution is 5.24. The van der Waals surface area contributed by atoms with E-state index >= 15 is 0 Å². The fourth-order valence-electron chi connectivity index (χ4n) is 2.23. The summed E-state index contributed by atoms with van der Waals surface area (Å²) in [6, 6.07) is 10.2. The van der Waals surface area contributed by atoms with Crippen LogP contribution in [0.15, 0.2) is 30.3 Å². The van der Waals surface area contributed by atoms with Crippen molar-refractivity contribution >= 4 is 0 Å². The second-order valence-corrected chi connectivity index (χ2v) is 4.93. The van der Waals surface area contributed by atoms with Gasteiger partial charge in [-0.15, -0.1) is 0 Å². The van der Waals surface area contributed by atoms with Gasteiger partial charge in [-0.3, -0.25) is 4.68 Å². The topological polar surface area (TPSA) is 38.0 Å². The number of nitrogens with zero attached hydrogens (tertiary/aromatic N) is 2. The monoisotopic (exact) mass is 258 g/mol. The van der Waals surface area contributed by atoms with Crippen molar-refractivity contribution in [2.75, 3.05) is 0 Å². The molecule has 1 atom stereocenters. The fourth-order valence-corrected chi connectivity index (χ4v) is 2.23. The van der Waals surface area contributed by atoms with E-state index in [0.29, 0.717) is 6.42 Å². The first kappa shape index (κ1) is 13.8. The maximum atomic E-state index is 10.3. The van der Waals surface area contributed by atoms with E-state index in [1.165, 1.54) is 5.56 Å². The Labute approximate surface area is 114 Å². The average molecular weight is 258 g/mol. The zero-order chi connectivity index (χ0) is 13.8. The van der Waals surface area contributed by atoms with Crippen LogP contribution in [0.1, 0.15) is 42.5 Å². The molecule has 1 aromatic carbocycles. The predicted molar refractivity (Wildman–Crippen MR) is 77.1 cm³/mol. The SMILES string of the molecule is CCc1cc(CC(O)c2ccc(C)cc2)n(CC)n1. The van der Waals surface area contributed by atoms with Crippen LogP contribution in [-0.4, -0.2) is 14.9 Å². The van der Waals surface area contributed by atoms with E-state index in [-0.39, 0.29) is 0 Å². The molecule has 1 N–H and O–H groups in total. The molecule has 1 aromatic heterocycles. The molecular weight excluding hydrogens is 236 g/mol. The van der Waals surface area contributed by atoms with Crippen molar-refractivity contribution < 1.29 is 5.11 Å². The Morgan fingerprint density at radius 3 is 2.47 bits per heavy atom. The Balaban J connectivity index is 2.15. The molecule has 3 nitrogen and oxygen atoms in total. The summed E-state index contributed by atoms with van der Waals surface area (Å²) in [5.74, 6) is 0. The predicted octanol–water partition coefficient (Wildman–Crippen LogP) is 3.05. The first-order valence-electron chi connectivity index (χ1n) is 6.94. The molecule has 0 fully saturated rings. The molecule has 0 aliphatic heterocycles. The third-order valence-electron chi connectivity index (χ3n) is 3.44. The van der Waals surface area contributed by atoms with E-state index < -0.39 is 6.10 Å². The van der Waals surface area contributed by atoms with Gasteiger partial charge in [0, 0.05) is 18.7 Å². The lowest BCUT2D eigenvalue weighted by Crippen LogP contribution is -2.08. The van der Waals surface area contributed by atoms with Crippen molar-refractivity contribution in [1.29, 1.82) is 0 Å². The molecule has 1 heterocycles. The minimum atomic E-state index is -0.465. The third kappa shape index (κ3) is 3.24. The smallest absolute Gasteiger partial charge is 0.0845 e. The van der Waals surface area contributed by atoms with Gasteiger partial charge in [0.15, 0.2) is 0 Å². The summed E-state index contributed by atoms with van der Waals surface area (Å²) in [6.07, 6.45) is 1.08. The van der Waals surface area contributed by atoms with Gasteiger partial charge in [0.2, 0.25) is 0 Å². The number of hydrogen-bond acceptors (Lipinski definition) is 2. The lowest BCUT2D eigenvalue weighted by atomic mass is 10.0. The molecule has 1 unspecified atom stereocenters. The van der Waals surface area contributed by atoms with Crippen molar-refractivity contribution in [3.63, 3.8) is 0 Å². The normalized spacial score (nSPS) is 12.6. The van der Waals surface area contributed by atoms with Gasteiger partial charge in [-0.1, -0.05) is 36.8 Å². The second-order valence-electron chi connectivity index (χ2n) is 4.93. The Kier molecular flexibility index (Phi) is 4.38. The van der Waals surface area contributed by atoms with E-state index in [1.807, 2.05) is 28.9 Å². The average Bonchev–Trinajstić information content (AvgIpc) is 2.81. The van der Waals surface area contributed by atoms with E-state index in [1.54, 1.807) is 0 Å². The van der Waals surface area contributed by atoms with E-state index in [0.717, 1.165) is 29.9 Å². The van der Waals surface area contributed by atoms with Crippen LogP contribution in [0.3, 0.4) is 0 Å². The summed E-state index contributed by atoms with van der Waals surface area (Å²) in [5, 5.41) is 14.8. The van der Waals surface area contributed by atoms with E-state index in [2.05, 4.69) is 31.9 Å². The zero-order valence-electron chi connectivity index (χ0n) is 11.9. The summed E-state index contributed by atoms with van der Waals surface area (Å²) in [5.41, 5.74) is 4.37. The maximum absolute atomic E-state index is 10.3. The van der Waals surface area contributed by atoms with Crippen LogP contribution in [0.4, 0.5) is 0 Å². The number of aliphatic hydroxyl groups excluding tert-OH is 1. The number of aromatic nitrogens is 2. The van der Waals surface area contributed by atoms with Crippen LogP contribution < -0.4 is 0 Å². The summed E-state index contributed by atoms with van der Waals surface area (Å²) in [7, 11) is 0. The standard InChI is InChI=1S/C16H22N2O/c1-4-14-10-15(18(5-2)17-14)11-16(19)13-8-6-12(3)7-9-13/h6-10,16,19H,4-5,11H2,1-3H3. The van der Waals surface area contributed by atoms with Crippen LogP contribution in [0.5, 0.6) is 0 Å². The molecule has 0 amide bonds. The number of aryl methyl sites for hydroxylation is 3. The van der Waals surface area contributed by atoms with Gasteiger partial charge in [-0.2, -0.15) is 5.10 Å². The Morgan fingerprint density at radius 1 is 1.21 bits per heavy atom. The van der Waals surface area contributed by atoms with E-state index in [9.17, 15) is 5.11 Å². The van der Waals surface area contributed by atoms with Crippen molar-refractivity contribution in [2.45, 2.75) is 46.3 Å². The number of rotatable bonds is 5. The van der Waals surface area contributed by atoms with Crippen molar-refractivity contribution in [1.82, 2.24) is 9.78 Å². The highest BCUT2D eigenvalue weighted by Crippen LogP contribution is 2.19. The van der Waals surface area contributed by atoms with Crippen LogP contribution in [0.2, 0.25) is 0 Å². The molecule has 3 heteroatoms. The largest absolute Gasteiger partial charge is 0.388 e. The highest BCUT2D eigenvalue weighted by Gasteiger charge is 2.13. The van der Waals surface area contributed by atoms with Gasteiger partial charge in [0.25, 0.3) is 0 Å². The highest BCUT2D eigenvalue weighted by atomic mass is 16.3. The van der Waals surface area contributed by atoms with Crippen LogP contribution in [-0.2, 0) is 19.4 Å². The molecule has 0 saturated carbocycles. The summed E-state index contributed by atoms with van der Waals surface area (Å²) < 4.78 is 1.98. The molecule has 2 rings (SSSR count). The lowest BCUT2D eigenvalue weighted by Gasteiger charge is -2.12. The molecule has 0 radical (unpaired) electrons. The molecule has 2 aromatic rings. The molecular formula is C16H22N2O. The molecule has 0 spiro atoms. The first-order chi connectivity index (χ1) is 9.13. The lowest BCUT2D eigenvalue weighted by molar-refractivity contribution is 0.175. The molecule has 0 aliphatic carbocycles. The minimum absolute atomic E-state index is 0.465. The maximum Gasteiger partial charge on any atom is 0.0845 e. The first-order valence-corrected chi connectivity index (χ1v) is 6.94. The molecule has 0 aliphatic rings. The number of hydrogen-bond donors (Lipinski definition) is 1. The van der Waals surface area contributed by atoms with Crippen molar-refractivity contribution in [3.8, 4) is 0 Å². The van der Waals surface area contributed by atoms with Gasteiger partial charge >= 0.3 is 0 Å². The van der Waals surface area contributed by atoms with Gasteiger partial charge in [-0.25, -0.2) is 0 Å². The number of aliphatic hydroxyl groups is 1. The number of benzene rings is 1. The Morgan fingerprint density at radius 2 is 1.89 bits per heavy atom. The quantitative estimate of drug-likeness (QED) is 0.895. The second kappa shape index (κ2) is 6.02. The van der Waals surface area contributed by atoms with Gasteiger partial charge < -0.3 is 5.11 Å². The molecule has 19 heavy (non-hydrogen) atoms. The molecule has 0 saturated heterocycles. The van der Waals surface area contributed by atoms with E-state index in [4.69, 9.17) is 0 Å².